The largest absolute Gasteiger partial charge is 0.465 e. The lowest BCUT2D eigenvalue weighted by Crippen LogP contribution is -2.24. The predicted molar refractivity (Wildman–Crippen MR) is 60.0 cm³/mol. The zero-order valence-corrected chi connectivity index (χ0v) is 10.2. The quantitative estimate of drug-likeness (QED) is 0.867. The first-order valence-electron chi connectivity index (χ1n) is 5.06. The van der Waals surface area contributed by atoms with E-state index in [9.17, 15) is 18.0 Å². The maximum Gasteiger partial charge on any atom is 0.417 e. The van der Waals surface area contributed by atoms with Gasteiger partial charge in [0.1, 0.15) is 6.04 Å². The summed E-state index contributed by atoms with van der Waals surface area (Å²) in [5.41, 5.74) is 4.48. The molecule has 0 bridgehead atoms. The standard InChI is InChI=1S/C11H11ClF3NO2/c1-2-18-10(17)9(16)6-3-4-8(12)7(5-6)11(13,14)15/h3-5,9H,2,16H2,1H3. The van der Waals surface area contributed by atoms with Crippen molar-refractivity contribution in [2.45, 2.75) is 19.1 Å². The van der Waals surface area contributed by atoms with Gasteiger partial charge in [0, 0.05) is 0 Å². The smallest absolute Gasteiger partial charge is 0.417 e. The normalized spacial score (nSPS) is 13.2. The summed E-state index contributed by atoms with van der Waals surface area (Å²) in [5, 5.41) is -0.442. The Hall–Kier alpha value is -1.27. The van der Waals surface area contributed by atoms with Crippen LogP contribution >= 0.6 is 11.6 Å². The number of esters is 1. The molecule has 18 heavy (non-hydrogen) atoms. The molecule has 7 heteroatoms. The second-order valence-electron chi connectivity index (χ2n) is 3.47. The summed E-state index contributed by atoms with van der Waals surface area (Å²) in [6.07, 6.45) is -4.60. The van der Waals surface area contributed by atoms with Gasteiger partial charge in [0.05, 0.1) is 17.2 Å². The van der Waals surface area contributed by atoms with Crippen LogP contribution in [0.5, 0.6) is 0 Å². The summed E-state index contributed by atoms with van der Waals surface area (Å²) in [5.74, 6) is -0.784. The molecule has 3 nitrogen and oxygen atoms in total. The predicted octanol–water partition coefficient (Wildman–Crippen LogP) is 2.92. The zero-order valence-electron chi connectivity index (χ0n) is 9.42. The topological polar surface area (TPSA) is 52.3 Å². The monoisotopic (exact) mass is 281 g/mol. The first-order chi connectivity index (χ1) is 8.27. The molecule has 0 aliphatic carbocycles. The number of nitrogens with two attached hydrogens (primary N) is 1. The summed E-state index contributed by atoms with van der Waals surface area (Å²) in [6, 6.07) is 1.81. The molecule has 1 aromatic carbocycles. The Labute approximate surface area is 107 Å². The van der Waals surface area contributed by atoms with E-state index in [4.69, 9.17) is 17.3 Å². The fraction of sp³-hybridized carbons (Fsp3) is 0.364. The molecule has 0 saturated carbocycles. The Morgan fingerprint density at radius 1 is 1.50 bits per heavy atom. The van der Waals surface area contributed by atoms with E-state index in [2.05, 4.69) is 4.74 Å². The second-order valence-corrected chi connectivity index (χ2v) is 3.87. The minimum Gasteiger partial charge on any atom is -0.465 e. The summed E-state index contributed by atoms with van der Waals surface area (Å²) < 4.78 is 42.4. The highest BCUT2D eigenvalue weighted by molar-refractivity contribution is 6.31. The van der Waals surface area contributed by atoms with Gasteiger partial charge in [-0.1, -0.05) is 17.7 Å². The van der Waals surface area contributed by atoms with Crippen molar-refractivity contribution in [3.05, 3.63) is 34.3 Å². The second kappa shape index (κ2) is 5.58. The van der Waals surface area contributed by atoms with Crippen molar-refractivity contribution in [2.75, 3.05) is 6.61 Å². The van der Waals surface area contributed by atoms with Gasteiger partial charge >= 0.3 is 12.1 Å². The van der Waals surface area contributed by atoms with Crippen LogP contribution in [-0.4, -0.2) is 12.6 Å². The Morgan fingerprint density at radius 3 is 2.61 bits per heavy atom. The number of hydrogen-bond acceptors (Lipinski definition) is 3. The molecule has 0 spiro atoms. The van der Waals surface area contributed by atoms with Crippen LogP contribution in [0.4, 0.5) is 13.2 Å². The molecule has 1 rings (SSSR count). The number of benzene rings is 1. The Bertz CT molecular complexity index is 448. The Morgan fingerprint density at radius 2 is 2.11 bits per heavy atom. The zero-order chi connectivity index (χ0) is 13.9. The molecule has 1 atom stereocenters. The lowest BCUT2D eigenvalue weighted by molar-refractivity contribution is -0.145. The van der Waals surface area contributed by atoms with Gasteiger partial charge in [0.25, 0.3) is 0 Å². The minimum atomic E-state index is -4.60. The van der Waals surface area contributed by atoms with Crippen molar-refractivity contribution in [1.29, 1.82) is 0 Å². The summed E-state index contributed by atoms with van der Waals surface area (Å²) >= 11 is 5.45. The highest BCUT2D eigenvalue weighted by Crippen LogP contribution is 2.35. The van der Waals surface area contributed by atoms with Gasteiger partial charge in [0.15, 0.2) is 0 Å². The highest BCUT2D eigenvalue weighted by atomic mass is 35.5. The molecule has 0 aliphatic rings. The fourth-order valence-electron chi connectivity index (χ4n) is 1.32. The number of halogens is 4. The van der Waals surface area contributed by atoms with Crippen molar-refractivity contribution in [2.24, 2.45) is 5.73 Å². The number of ether oxygens (including phenoxy) is 1. The number of rotatable bonds is 3. The maximum absolute atomic E-state index is 12.6. The highest BCUT2D eigenvalue weighted by Gasteiger charge is 2.34. The third-order valence-electron chi connectivity index (χ3n) is 2.20. The molecular formula is C11H11ClF3NO2. The van der Waals surface area contributed by atoms with Crippen LogP contribution in [0.1, 0.15) is 24.1 Å². The number of carbonyl (C=O) groups excluding carboxylic acids is 1. The van der Waals surface area contributed by atoms with Gasteiger partial charge in [-0.2, -0.15) is 13.2 Å². The van der Waals surface area contributed by atoms with E-state index in [0.717, 1.165) is 12.1 Å². The van der Waals surface area contributed by atoms with Crippen molar-refractivity contribution in [3.63, 3.8) is 0 Å². The van der Waals surface area contributed by atoms with E-state index >= 15 is 0 Å². The Balaban J connectivity index is 3.09. The molecule has 1 unspecified atom stereocenters. The van der Waals surface area contributed by atoms with Gasteiger partial charge in [0.2, 0.25) is 0 Å². The van der Waals surface area contributed by atoms with Crippen molar-refractivity contribution in [3.8, 4) is 0 Å². The summed E-state index contributed by atoms with van der Waals surface area (Å²) in [6.45, 7) is 1.68. The molecule has 0 radical (unpaired) electrons. The van der Waals surface area contributed by atoms with Crippen LogP contribution in [0, 0.1) is 0 Å². The Kier molecular flexibility index (Phi) is 4.59. The van der Waals surface area contributed by atoms with Gasteiger partial charge in [-0.15, -0.1) is 0 Å². The van der Waals surface area contributed by atoms with Gasteiger partial charge < -0.3 is 10.5 Å². The van der Waals surface area contributed by atoms with Crippen molar-refractivity contribution in [1.82, 2.24) is 0 Å². The average molecular weight is 282 g/mol. The maximum atomic E-state index is 12.6. The lowest BCUT2D eigenvalue weighted by atomic mass is 10.0. The van der Waals surface area contributed by atoms with Gasteiger partial charge in [-0.3, -0.25) is 0 Å². The third-order valence-corrected chi connectivity index (χ3v) is 2.53. The molecule has 0 aliphatic heterocycles. The SMILES string of the molecule is CCOC(=O)C(N)c1ccc(Cl)c(C(F)(F)F)c1. The van der Waals surface area contributed by atoms with E-state index in [1.165, 1.54) is 6.07 Å². The molecule has 100 valence electrons. The van der Waals surface area contributed by atoms with E-state index in [-0.39, 0.29) is 12.2 Å². The summed E-state index contributed by atoms with van der Waals surface area (Å²) in [7, 11) is 0. The molecule has 0 saturated heterocycles. The minimum absolute atomic E-state index is 0.00479. The fourth-order valence-corrected chi connectivity index (χ4v) is 1.55. The lowest BCUT2D eigenvalue weighted by Gasteiger charge is -2.14. The third kappa shape index (κ3) is 3.36. The van der Waals surface area contributed by atoms with Crippen LogP contribution in [0.2, 0.25) is 5.02 Å². The van der Waals surface area contributed by atoms with Crippen LogP contribution in [0.25, 0.3) is 0 Å². The average Bonchev–Trinajstić information content (AvgIpc) is 2.27. The molecular weight excluding hydrogens is 271 g/mol. The number of alkyl halides is 3. The first kappa shape index (κ1) is 14.8. The molecule has 0 amide bonds. The van der Waals surface area contributed by atoms with Crippen LogP contribution in [0.15, 0.2) is 18.2 Å². The van der Waals surface area contributed by atoms with Crippen LogP contribution in [-0.2, 0) is 15.7 Å². The summed E-state index contributed by atoms with van der Waals surface area (Å²) in [4.78, 5) is 11.3. The molecule has 0 aromatic heterocycles. The van der Waals surface area contributed by atoms with E-state index in [0.29, 0.717) is 0 Å². The molecule has 0 fully saturated rings. The van der Waals surface area contributed by atoms with Crippen molar-refractivity contribution < 1.29 is 22.7 Å². The molecule has 0 heterocycles. The van der Waals surface area contributed by atoms with Crippen LogP contribution < -0.4 is 5.73 Å². The van der Waals surface area contributed by atoms with Gasteiger partial charge in [-0.25, -0.2) is 4.79 Å². The van der Waals surface area contributed by atoms with Crippen LogP contribution in [0.3, 0.4) is 0 Å². The van der Waals surface area contributed by atoms with E-state index in [1.54, 1.807) is 6.92 Å². The first-order valence-corrected chi connectivity index (χ1v) is 5.44. The number of hydrogen-bond donors (Lipinski definition) is 1. The molecule has 2 N–H and O–H groups in total. The number of carbonyl (C=O) groups is 1. The van der Waals surface area contributed by atoms with E-state index < -0.39 is 28.8 Å². The van der Waals surface area contributed by atoms with Gasteiger partial charge in [-0.05, 0) is 24.6 Å². The van der Waals surface area contributed by atoms with E-state index in [1.807, 2.05) is 0 Å². The van der Waals surface area contributed by atoms with Crippen molar-refractivity contribution >= 4 is 17.6 Å². The molecule has 1 aromatic rings.